The van der Waals surface area contributed by atoms with E-state index in [0.29, 0.717) is 10.6 Å². The van der Waals surface area contributed by atoms with Crippen molar-refractivity contribution < 1.29 is 38.1 Å². The SMILES string of the molecule is CC(=O)Nc1ccc(S[C@H]2OC(COC(C)=O)[C@H](OC(C)=O)C(N=[N+]=[N-])C2OC(C)=O)cc1. The van der Waals surface area contributed by atoms with Crippen LogP contribution < -0.4 is 5.32 Å². The van der Waals surface area contributed by atoms with E-state index < -0.39 is 47.7 Å². The Morgan fingerprint density at radius 3 is 2.15 bits per heavy atom. The van der Waals surface area contributed by atoms with E-state index in [-0.39, 0.29) is 12.5 Å². The van der Waals surface area contributed by atoms with Gasteiger partial charge in [0.1, 0.15) is 36.4 Å². The molecule has 0 saturated carbocycles. The molecule has 1 saturated heterocycles. The second-order valence-electron chi connectivity index (χ2n) is 7.01. The quantitative estimate of drug-likeness (QED) is 0.193. The van der Waals surface area contributed by atoms with Crippen molar-refractivity contribution in [2.75, 3.05) is 11.9 Å². The number of nitrogens with zero attached hydrogens (tertiary/aromatic N) is 3. The smallest absolute Gasteiger partial charge is 0.303 e. The van der Waals surface area contributed by atoms with E-state index in [1.54, 1.807) is 24.3 Å². The van der Waals surface area contributed by atoms with Crippen LogP contribution in [0.25, 0.3) is 10.4 Å². The number of nitrogens with one attached hydrogen (secondary N) is 1. The van der Waals surface area contributed by atoms with Gasteiger partial charge in [-0.25, -0.2) is 0 Å². The van der Waals surface area contributed by atoms with E-state index in [9.17, 15) is 19.2 Å². The highest BCUT2D eigenvalue weighted by Gasteiger charge is 2.50. The molecule has 1 N–H and O–H groups in total. The molecule has 5 atom stereocenters. The zero-order valence-electron chi connectivity index (χ0n) is 18.4. The van der Waals surface area contributed by atoms with Crippen LogP contribution in [-0.4, -0.2) is 60.2 Å². The van der Waals surface area contributed by atoms with Gasteiger partial charge < -0.3 is 24.3 Å². The topological polar surface area (TPSA) is 166 Å². The summed E-state index contributed by atoms with van der Waals surface area (Å²) in [6.45, 7) is 4.66. The molecule has 0 aromatic heterocycles. The third-order valence-corrected chi connectivity index (χ3v) is 5.44. The average Bonchev–Trinajstić information content (AvgIpc) is 2.71. The average molecular weight is 480 g/mol. The number of rotatable bonds is 8. The molecule has 0 aliphatic carbocycles. The summed E-state index contributed by atoms with van der Waals surface area (Å²) in [6.07, 6.45) is -3.27. The number of carbonyl (C=O) groups is 4. The molecule has 1 aliphatic heterocycles. The Kier molecular flexibility index (Phi) is 9.52. The summed E-state index contributed by atoms with van der Waals surface area (Å²) < 4.78 is 21.8. The van der Waals surface area contributed by atoms with Gasteiger partial charge in [0.2, 0.25) is 5.91 Å². The van der Waals surface area contributed by atoms with Crippen LogP contribution >= 0.6 is 11.8 Å². The van der Waals surface area contributed by atoms with Crippen LogP contribution in [0.4, 0.5) is 5.69 Å². The first-order chi connectivity index (χ1) is 15.6. The Morgan fingerprint density at radius 1 is 1.03 bits per heavy atom. The number of ether oxygens (including phenoxy) is 4. The van der Waals surface area contributed by atoms with Crippen molar-refractivity contribution in [1.82, 2.24) is 0 Å². The molecule has 1 aliphatic rings. The van der Waals surface area contributed by atoms with Gasteiger partial charge in [0.15, 0.2) is 0 Å². The molecular formula is C20H24N4O8S. The molecule has 1 fully saturated rings. The number of esters is 3. The fraction of sp³-hybridized carbons (Fsp3) is 0.500. The molecule has 3 unspecified atom stereocenters. The van der Waals surface area contributed by atoms with Crippen molar-refractivity contribution in [1.29, 1.82) is 0 Å². The number of thioether (sulfide) groups is 1. The normalized spacial score (nSPS) is 24.1. The second-order valence-corrected chi connectivity index (χ2v) is 8.18. The van der Waals surface area contributed by atoms with Gasteiger partial charge >= 0.3 is 17.9 Å². The van der Waals surface area contributed by atoms with Crippen LogP contribution in [0.15, 0.2) is 34.3 Å². The van der Waals surface area contributed by atoms with Crippen molar-refractivity contribution in [3.63, 3.8) is 0 Å². The Hall–Kier alpha value is -3.28. The van der Waals surface area contributed by atoms with Crippen LogP contribution in [0.5, 0.6) is 0 Å². The molecule has 12 nitrogen and oxygen atoms in total. The first kappa shape index (κ1) is 26.0. The van der Waals surface area contributed by atoms with Crippen LogP contribution in [0.1, 0.15) is 27.7 Å². The molecule has 1 amide bonds. The highest BCUT2D eigenvalue weighted by atomic mass is 32.2. The van der Waals surface area contributed by atoms with Gasteiger partial charge in [-0.2, -0.15) is 0 Å². The lowest BCUT2D eigenvalue weighted by molar-refractivity contribution is -0.201. The fourth-order valence-electron chi connectivity index (χ4n) is 3.12. The zero-order valence-corrected chi connectivity index (χ0v) is 19.2. The van der Waals surface area contributed by atoms with Gasteiger partial charge in [-0.05, 0) is 29.8 Å². The number of hydrogen-bond donors (Lipinski definition) is 1. The number of benzene rings is 1. The van der Waals surface area contributed by atoms with Crippen LogP contribution in [0, 0.1) is 0 Å². The number of anilines is 1. The van der Waals surface area contributed by atoms with Gasteiger partial charge in [-0.3, -0.25) is 19.2 Å². The lowest BCUT2D eigenvalue weighted by Gasteiger charge is -2.43. The Morgan fingerprint density at radius 2 is 1.64 bits per heavy atom. The molecule has 13 heteroatoms. The molecule has 0 radical (unpaired) electrons. The van der Waals surface area contributed by atoms with Gasteiger partial charge in [-0.1, -0.05) is 16.9 Å². The van der Waals surface area contributed by atoms with E-state index in [0.717, 1.165) is 18.7 Å². The predicted molar refractivity (Wildman–Crippen MR) is 116 cm³/mol. The first-order valence-corrected chi connectivity index (χ1v) is 10.7. The standard InChI is InChI=1S/C20H24N4O8S/c1-10(25)22-14-5-7-15(8-6-14)33-20-19(31-13(4)28)17(23-24-21)18(30-12(3)27)16(32-20)9-29-11(2)26/h5-8,16-20H,9H2,1-4H3,(H,22,25)/t16?,17?,18-,19?,20+/m0/s1. The summed E-state index contributed by atoms with van der Waals surface area (Å²) in [5, 5.41) is 6.37. The monoisotopic (exact) mass is 480 g/mol. The Bertz CT molecular complexity index is 934. The maximum Gasteiger partial charge on any atom is 0.303 e. The van der Waals surface area contributed by atoms with Crippen molar-refractivity contribution in [2.24, 2.45) is 5.11 Å². The number of carbonyl (C=O) groups excluding carboxylic acids is 4. The van der Waals surface area contributed by atoms with Gasteiger partial charge in [-0.15, -0.1) is 0 Å². The summed E-state index contributed by atoms with van der Waals surface area (Å²) in [5.74, 6) is -2.15. The molecule has 1 heterocycles. The van der Waals surface area contributed by atoms with E-state index in [1.165, 1.54) is 20.8 Å². The van der Waals surface area contributed by atoms with E-state index in [1.807, 2.05) is 0 Å². The maximum absolute atomic E-state index is 11.8. The first-order valence-electron chi connectivity index (χ1n) is 9.82. The molecule has 2 rings (SSSR count). The number of amides is 1. The number of azide groups is 1. The van der Waals surface area contributed by atoms with E-state index in [4.69, 9.17) is 24.5 Å². The molecule has 1 aromatic rings. The highest BCUT2D eigenvalue weighted by Crippen LogP contribution is 2.37. The minimum atomic E-state index is -1.17. The van der Waals surface area contributed by atoms with Crippen LogP contribution in [-0.2, 0) is 38.1 Å². The van der Waals surface area contributed by atoms with Crippen LogP contribution in [0.2, 0.25) is 0 Å². The van der Waals surface area contributed by atoms with E-state index >= 15 is 0 Å². The minimum absolute atomic E-state index is 0.219. The maximum atomic E-state index is 11.8. The summed E-state index contributed by atoms with van der Waals surface area (Å²) in [6, 6.07) is 5.64. The molecular weight excluding hydrogens is 456 g/mol. The molecule has 1 aromatic carbocycles. The Labute approximate surface area is 193 Å². The largest absolute Gasteiger partial charge is 0.463 e. The highest BCUT2D eigenvalue weighted by molar-refractivity contribution is 7.99. The predicted octanol–water partition coefficient (Wildman–Crippen LogP) is 2.57. The summed E-state index contributed by atoms with van der Waals surface area (Å²) in [4.78, 5) is 49.5. The van der Waals surface area contributed by atoms with Crippen molar-refractivity contribution in [3.8, 4) is 0 Å². The second kappa shape index (κ2) is 12.1. The molecule has 0 bridgehead atoms. The van der Waals surface area contributed by atoms with Crippen molar-refractivity contribution >= 4 is 41.3 Å². The van der Waals surface area contributed by atoms with Crippen molar-refractivity contribution in [3.05, 3.63) is 34.7 Å². The minimum Gasteiger partial charge on any atom is -0.463 e. The summed E-state index contributed by atoms with van der Waals surface area (Å²) in [7, 11) is 0. The van der Waals surface area contributed by atoms with Crippen LogP contribution in [0.3, 0.4) is 0 Å². The third kappa shape index (κ3) is 7.97. The van der Waals surface area contributed by atoms with Gasteiger partial charge in [0, 0.05) is 43.2 Å². The third-order valence-electron chi connectivity index (χ3n) is 4.28. The molecule has 0 spiro atoms. The van der Waals surface area contributed by atoms with Crippen molar-refractivity contribution in [2.45, 2.75) is 62.4 Å². The lowest BCUT2D eigenvalue weighted by Crippen LogP contribution is -2.59. The van der Waals surface area contributed by atoms with Gasteiger partial charge in [0.25, 0.3) is 0 Å². The zero-order chi connectivity index (χ0) is 24.5. The molecule has 33 heavy (non-hydrogen) atoms. The van der Waals surface area contributed by atoms with Gasteiger partial charge in [0.05, 0.1) is 0 Å². The Balaban J connectivity index is 2.38. The summed E-state index contributed by atoms with van der Waals surface area (Å²) >= 11 is 1.15. The lowest BCUT2D eigenvalue weighted by atomic mass is 9.97. The fourth-order valence-corrected chi connectivity index (χ4v) is 4.23. The van der Waals surface area contributed by atoms with E-state index in [2.05, 4.69) is 15.3 Å². The molecule has 178 valence electrons. The summed E-state index contributed by atoms with van der Waals surface area (Å²) in [5.41, 5.74) is 8.80. The number of hydrogen-bond acceptors (Lipinski definition) is 10.